The number of aromatic amines is 1. The molecule has 0 saturated carbocycles. The summed E-state index contributed by atoms with van der Waals surface area (Å²) < 4.78 is 6.04. The predicted octanol–water partition coefficient (Wildman–Crippen LogP) is 4.14. The topological polar surface area (TPSA) is 105 Å². The highest BCUT2D eigenvalue weighted by Crippen LogP contribution is 2.24. The number of hydrogen-bond acceptors (Lipinski definition) is 7. The summed E-state index contributed by atoms with van der Waals surface area (Å²) in [6, 6.07) is 5.69. The van der Waals surface area contributed by atoms with E-state index >= 15 is 0 Å². The zero-order chi connectivity index (χ0) is 31.2. The van der Waals surface area contributed by atoms with Crippen LogP contribution in [0.1, 0.15) is 71.8 Å². The normalized spacial score (nSPS) is 23.6. The number of amidine groups is 1. The molecule has 5 rings (SSSR count). The number of H-pyrrole nitrogens is 1. The van der Waals surface area contributed by atoms with Gasteiger partial charge in [0.15, 0.2) is 0 Å². The van der Waals surface area contributed by atoms with Crippen molar-refractivity contribution in [1.82, 2.24) is 30.3 Å². The molecular weight excluding hydrogens is 578 g/mol. The second kappa shape index (κ2) is 15.0. The Kier molecular flexibility index (Phi) is 11.1. The van der Waals surface area contributed by atoms with Gasteiger partial charge >= 0.3 is 0 Å². The lowest BCUT2D eigenvalue weighted by Gasteiger charge is -2.42. The number of halogens is 1. The van der Waals surface area contributed by atoms with E-state index in [0.29, 0.717) is 37.2 Å². The molecule has 2 fully saturated rings. The monoisotopic (exact) mass is 627 g/mol. The molecule has 2 aromatic rings. The summed E-state index contributed by atoms with van der Waals surface area (Å²) in [7, 11) is 0. The van der Waals surface area contributed by atoms with E-state index in [1.54, 1.807) is 11.1 Å². The predicted molar refractivity (Wildman–Crippen MR) is 176 cm³/mol. The number of carbonyl (C=O) groups is 2. The van der Waals surface area contributed by atoms with Gasteiger partial charge in [-0.1, -0.05) is 44.4 Å². The number of hydrogen-bond donors (Lipinski definition) is 3. The van der Waals surface area contributed by atoms with Crippen LogP contribution in [0.5, 0.6) is 0 Å². The van der Waals surface area contributed by atoms with Crippen molar-refractivity contribution in [2.75, 3.05) is 39.3 Å². The van der Waals surface area contributed by atoms with Crippen molar-refractivity contribution in [2.24, 2.45) is 4.99 Å². The first-order chi connectivity index (χ1) is 21.2. The van der Waals surface area contributed by atoms with Gasteiger partial charge in [-0.25, -0.2) is 4.99 Å². The lowest BCUT2D eigenvalue weighted by molar-refractivity contribution is -0.145. The molecule has 0 radical (unpaired) electrons. The van der Waals surface area contributed by atoms with Crippen LogP contribution in [0.3, 0.4) is 0 Å². The third kappa shape index (κ3) is 8.06. The zero-order valence-electron chi connectivity index (χ0n) is 26.8. The first kappa shape index (κ1) is 32.6. The van der Waals surface area contributed by atoms with Crippen LogP contribution in [0, 0.1) is 0 Å². The van der Waals surface area contributed by atoms with Crippen molar-refractivity contribution >= 4 is 40.3 Å². The summed E-state index contributed by atoms with van der Waals surface area (Å²) in [5.41, 5.74) is 1.89. The van der Waals surface area contributed by atoms with Crippen molar-refractivity contribution in [3.05, 3.63) is 35.0 Å². The third-order valence-corrected chi connectivity index (χ3v) is 9.49. The van der Waals surface area contributed by atoms with E-state index < -0.39 is 6.04 Å². The molecule has 10 nitrogen and oxygen atoms in total. The van der Waals surface area contributed by atoms with Crippen molar-refractivity contribution in [3.8, 4) is 0 Å². The lowest BCUT2D eigenvalue weighted by Crippen LogP contribution is -2.64. The van der Waals surface area contributed by atoms with Crippen LogP contribution in [0.25, 0.3) is 10.9 Å². The Morgan fingerprint density at radius 1 is 1.11 bits per heavy atom. The number of benzene rings is 1. The van der Waals surface area contributed by atoms with E-state index in [2.05, 4.69) is 34.4 Å². The molecule has 1 aromatic heterocycles. The Morgan fingerprint density at radius 3 is 2.64 bits per heavy atom. The summed E-state index contributed by atoms with van der Waals surface area (Å²) in [4.78, 5) is 42.2. The summed E-state index contributed by atoms with van der Waals surface area (Å²) in [5, 5.41) is 8.19. The number of likely N-dealkylation sites (tertiary alicyclic amines) is 1. The number of nitrogens with zero attached hydrogens (tertiary/aromatic N) is 4. The molecule has 11 heteroatoms. The molecule has 1 aromatic carbocycles. The molecular formula is C33H50ClN7O3. The fraction of sp³-hybridized carbons (Fsp3) is 0.667. The highest BCUT2D eigenvalue weighted by molar-refractivity contribution is 6.35. The van der Waals surface area contributed by atoms with Gasteiger partial charge < -0.3 is 35.1 Å². The van der Waals surface area contributed by atoms with E-state index in [9.17, 15) is 9.59 Å². The summed E-state index contributed by atoms with van der Waals surface area (Å²) in [5.74, 6) is -0.190. The average Bonchev–Trinajstić information content (AvgIpc) is 3.57. The Morgan fingerprint density at radius 2 is 1.91 bits per heavy atom. The Bertz CT molecular complexity index is 1310. The number of piperidine rings is 1. The van der Waals surface area contributed by atoms with Gasteiger partial charge in [-0.15, -0.1) is 0 Å². The molecule has 3 aliphatic rings. The van der Waals surface area contributed by atoms with Crippen LogP contribution in [-0.2, 0) is 20.9 Å². The number of nitrogens with one attached hydrogen (secondary N) is 3. The molecule has 3 aliphatic heterocycles. The Hall–Kier alpha value is -2.82. The molecule has 4 heterocycles. The fourth-order valence-corrected chi connectivity index (χ4v) is 6.68. The maximum atomic E-state index is 14.2. The highest BCUT2D eigenvalue weighted by Gasteiger charge is 2.40. The minimum Gasteiger partial charge on any atom is -0.460 e. The van der Waals surface area contributed by atoms with Crippen molar-refractivity contribution in [3.63, 3.8) is 0 Å². The lowest BCUT2D eigenvalue weighted by atomic mass is 10.0. The quantitative estimate of drug-likeness (QED) is 0.324. The first-order valence-corrected chi connectivity index (χ1v) is 16.9. The Labute approximate surface area is 266 Å². The van der Waals surface area contributed by atoms with Gasteiger partial charge in [0.2, 0.25) is 11.8 Å². The molecule has 0 unspecified atom stereocenters. The largest absolute Gasteiger partial charge is 0.460 e. The van der Waals surface area contributed by atoms with Crippen LogP contribution in [-0.4, -0.2) is 107 Å². The van der Waals surface area contributed by atoms with E-state index in [4.69, 9.17) is 21.3 Å². The highest BCUT2D eigenvalue weighted by atomic mass is 35.5. The van der Waals surface area contributed by atoms with Gasteiger partial charge in [0.25, 0.3) is 6.02 Å². The van der Waals surface area contributed by atoms with Crippen molar-refractivity contribution in [2.45, 2.75) is 103 Å². The van der Waals surface area contributed by atoms with E-state index in [1.165, 1.54) is 32.4 Å². The van der Waals surface area contributed by atoms with Gasteiger partial charge in [-0.2, -0.15) is 0 Å². The summed E-state index contributed by atoms with van der Waals surface area (Å²) in [6.07, 6.45) is 8.45. The first-order valence-electron chi connectivity index (χ1n) is 16.5. The molecule has 3 N–H and O–H groups in total. The molecule has 44 heavy (non-hydrogen) atoms. The van der Waals surface area contributed by atoms with E-state index in [0.717, 1.165) is 42.3 Å². The van der Waals surface area contributed by atoms with E-state index in [1.807, 2.05) is 36.9 Å². The molecule has 2 amide bonds. The average molecular weight is 628 g/mol. The maximum Gasteiger partial charge on any atom is 0.288 e. The number of unbranched alkanes of at least 4 members (excludes halogenated alkanes) is 1. The molecule has 242 valence electrons. The van der Waals surface area contributed by atoms with Crippen molar-refractivity contribution in [1.29, 1.82) is 0 Å². The van der Waals surface area contributed by atoms with Gasteiger partial charge in [-0.05, 0) is 76.9 Å². The van der Waals surface area contributed by atoms with Crippen LogP contribution in [0.15, 0.2) is 29.4 Å². The second-order valence-electron chi connectivity index (χ2n) is 13.0. The number of fused-ring (bicyclic) bond motifs is 1. The van der Waals surface area contributed by atoms with Crippen LogP contribution < -0.4 is 10.6 Å². The van der Waals surface area contributed by atoms with Gasteiger partial charge in [0.1, 0.15) is 12.1 Å². The number of rotatable bonds is 11. The standard InChI is InChI=1S/C33H50ClN7O3/c1-22(2)37-29(10-6-9-15-39-13-7-5-8-14-39)32(43)41-17-16-40(33-38-23(3)24(4)44-33)21-30(41)31(42)36-19-25-11-12-28-26(18-25)27(34)20-35-28/h11-12,18,20,22-24,29-30,35,37H,5-10,13-17,19,21H2,1-4H3,(H,36,42)/t23-,24-,29+,30-/m0/s1. The molecule has 4 atom stereocenters. The number of piperazine rings is 1. The minimum absolute atomic E-state index is 0.00647. The van der Waals surface area contributed by atoms with Crippen LogP contribution in [0.2, 0.25) is 5.02 Å². The summed E-state index contributed by atoms with van der Waals surface area (Å²) in [6.45, 7) is 13.3. The molecule has 2 saturated heterocycles. The van der Waals surface area contributed by atoms with Crippen molar-refractivity contribution < 1.29 is 14.3 Å². The van der Waals surface area contributed by atoms with E-state index in [-0.39, 0.29) is 36.0 Å². The van der Waals surface area contributed by atoms with Crippen LogP contribution in [0.4, 0.5) is 0 Å². The molecule has 0 bridgehead atoms. The number of aromatic nitrogens is 1. The smallest absolute Gasteiger partial charge is 0.288 e. The Balaban J connectivity index is 1.27. The summed E-state index contributed by atoms with van der Waals surface area (Å²) >= 11 is 6.33. The van der Waals surface area contributed by atoms with Gasteiger partial charge in [0, 0.05) is 42.8 Å². The zero-order valence-corrected chi connectivity index (χ0v) is 27.5. The minimum atomic E-state index is -0.668. The number of ether oxygens (including phenoxy) is 1. The van der Waals surface area contributed by atoms with Crippen LogP contribution >= 0.6 is 11.6 Å². The van der Waals surface area contributed by atoms with Gasteiger partial charge in [-0.3, -0.25) is 9.59 Å². The SMILES string of the molecule is CC(C)N[C@H](CCCCN1CCCCC1)C(=O)N1CCN(C2=N[C@@H](C)[C@H](C)O2)C[C@H]1C(=O)NCc1ccc2[nH]cc(Cl)c2c1. The number of aliphatic imine (C=N–C) groups is 1. The second-order valence-corrected chi connectivity index (χ2v) is 13.4. The number of amides is 2. The molecule has 0 spiro atoms. The third-order valence-electron chi connectivity index (χ3n) is 9.18. The number of carbonyl (C=O) groups excluding carboxylic acids is 2. The molecule has 0 aliphatic carbocycles. The maximum absolute atomic E-state index is 14.2. The van der Waals surface area contributed by atoms with Gasteiger partial charge in [0.05, 0.1) is 23.7 Å². The fourth-order valence-electron chi connectivity index (χ4n) is 6.47.